The van der Waals surface area contributed by atoms with Gasteiger partial charge in [0.25, 0.3) is 0 Å². The molecule has 2 N–H and O–H groups in total. The lowest BCUT2D eigenvalue weighted by Gasteiger charge is -1.81. The molecule has 1 aromatic heterocycles. The van der Waals surface area contributed by atoms with Gasteiger partial charge in [-0.15, -0.1) is 0 Å². The van der Waals surface area contributed by atoms with Crippen LogP contribution in [0.4, 0.5) is 0 Å². The molecule has 0 saturated heterocycles. The maximum Gasteiger partial charge on any atom is 0.115 e. The molecule has 0 aliphatic carbocycles. The molecule has 0 fully saturated rings. The van der Waals surface area contributed by atoms with Crippen LogP contribution in [-0.4, -0.2) is 15.4 Å². The number of nitrogens with zero attached hydrogens (tertiary/aromatic N) is 2. The van der Waals surface area contributed by atoms with Gasteiger partial charge in [-0.3, -0.25) is 0 Å². The molecule has 3 nitrogen and oxygen atoms in total. The predicted molar refractivity (Wildman–Crippen MR) is 30.4 cm³/mol. The van der Waals surface area contributed by atoms with Gasteiger partial charge in [0, 0.05) is 12.4 Å². The van der Waals surface area contributed by atoms with Gasteiger partial charge in [0.05, 0.1) is 0 Å². The Morgan fingerprint density at radius 2 is 1.75 bits per heavy atom. The van der Waals surface area contributed by atoms with E-state index in [0.29, 0.717) is 0 Å². The number of aryl methyl sites for hydroxylation is 1. The maximum absolute atomic E-state index is 3.77. The van der Waals surface area contributed by atoms with Crippen molar-refractivity contribution in [3.05, 3.63) is 24.3 Å². The van der Waals surface area contributed by atoms with Crippen molar-refractivity contribution in [3.8, 4) is 0 Å². The summed E-state index contributed by atoms with van der Waals surface area (Å²) in [6.07, 6.45) is 5.06. The third-order valence-electron chi connectivity index (χ3n) is 0.690. The summed E-state index contributed by atoms with van der Waals surface area (Å²) in [4.78, 5) is 7.55. The maximum atomic E-state index is 3.77. The summed E-state index contributed by atoms with van der Waals surface area (Å²) in [5.74, 6) is 0. The summed E-state index contributed by atoms with van der Waals surface area (Å²) >= 11 is 0. The van der Waals surface area contributed by atoms with Crippen molar-refractivity contribution in [2.24, 2.45) is 0 Å². The molecule has 0 amide bonds. The molecule has 0 spiro atoms. The summed E-state index contributed by atoms with van der Waals surface area (Å²) in [5.41, 5.74) is 1.10. The zero-order valence-electron chi connectivity index (χ0n) is 4.63. The first-order valence-electron chi connectivity index (χ1n) is 2.11. The van der Waals surface area contributed by atoms with Crippen LogP contribution in [0.1, 0.15) is 5.56 Å². The third kappa shape index (κ3) is 1.66. The summed E-state index contributed by atoms with van der Waals surface area (Å²) in [5, 5.41) is 0. The van der Waals surface area contributed by atoms with Crippen molar-refractivity contribution in [2.75, 3.05) is 0 Å². The van der Waals surface area contributed by atoms with Gasteiger partial charge >= 0.3 is 0 Å². The van der Waals surface area contributed by atoms with Crippen LogP contribution in [0.5, 0.6) is 0 Å². The molecule has 0 aromatic carbocycles. The second kappa shape index (κ2) is 3.10. The van der Waals surface area contributed by atoms with Gasteiger partial charge in [0.2, 0.25) is 0 Å². The van der Waals surface area contributed by atoms with E-state index in [-0.39, 0.29) is 5.48 Å². The quantitative estimate of drug-likeness (QED) is 0.472. The molecule has 1 aromatic rings. The van der Waals surface area contributed by atoms with E-state index in [4.69, 9.17) is 0 Å². The predicted octanol–water partition coefficient (Wildman–Crippen LogP) is -0.0397. The Labute approximate surface area is 47.7 Å². The normalized spacial score (nSPS) is 7.62. The van der Waals surface area contributed by atoms with E-state index in [1.807, 2.05) is 6.92 Å². The molecule has 0 saturated carbocycles. The second-order valence-corrected chi connectivity index (χ2v) is 1.42. The third-order valence-corrected chi connectivity index (χ3v) is 0.690. The van der Waals surface area contributed by atoms with Crippen molar-refractivity contribution in [3.63, 3.8) is 0 Å². The van der Waals surface area contributed by atoms with Crippen LogP contribution in [0, 0.1) is 6.92 Å². The summed E-state index contributed by atoms with van der Waals surface area (Å²) < 4.78 is 0. The zero-order valence-corrected chi connectivity index (χ0v) is 4.63. The van der Waals surface area contributed by atoms with Crippen molar-refractivity contribution in [1.82, 2.24) is 9.97 Å². The molecule has 8 heavy (non-hydrogen) atoms. The molecule has 0 unspecified atom stereocenters. The van der Waals surface area contributed by atoms with Gasteiger partial charge in [0.1, 0.15) is 6.33 Å². The van der Waals surface area contributed by atoms with Crippen LogP contribution in [0.2, 0.25) is 0 Å². The van der Waals surface area contributed by atoms with Crippen LogP contribution >= 0.6 is 0 Å². The SMILES string of the molecule is Cc1cncnc1.O. The van der Waals surface area contributed by atoms with Crippen molar-refractivity contribution < 1.29 is 5.48 Å². The van der Waals surface area contributed by atoms with Gasteiger partial charge < -0.3 is 5.48 Å². The number of hydrogen-bond donors (Lipinski definition) is 0. The van der Waals surface area contributed by atoms with Gasteiger partial charge in [-0.25, -0.2) is 9.97 Å². The Bertz CT molecular complexity index is 140. The highest BCUT2D eigenvalue weighted by Gasteiger charge is 1.74. The van der Waals surface area contributed by atoms with Crippen LogP contribution in [0.25, 0.3) is 0 Å². The topological polar surface area (TPSA) is 57.3 Å². The Morgan fingerprint density at radius 3 is 2.00 bits per heavy atom. The summed E-state index contributed by atoms with van der Waals surface area (Å²) in [7, 11) is 0. The fourth-order valence-electron chi connectivity index (χ4n) is 0.374. The smallest absolute Gasteiger partial charge is 0.115 e. The van der Waals surface area contributed by atoms with Crippen molar-refractivity contribution in [2.45, 2.75) is 6.92 Å². The van der Waals surface area contributed by atoms with E-state index < -0.39 is 0 Å². The van der Waals surface area contributed by atoms with Crippen LogP contribution in [0.3, 0.4) is 0 Å². The molecule has 0 bridgehead atoms. The molecule has 0 aliphatic heterocycles. The van der Waals surface area contributed by atoms with Gasteiger partial charge in [0.15, 0.2) is 0 Å². The molecule has 1 rings (SSSR count). The standard InChI is InChI=1S/C5H6N2.H2O/c1-5-2-6-4-7-3-5;/h2-4H,1H3;1H2. The number of hydrogen-bond acceptors (Lipinski definition) is 2. The first-order valence-corrected chi connectivity index (χ1v) is 2.11. The Balaban J connectivity index is 0.000000490. The largest absolute Gasteiger partial charge is 0.412 e. The fourth-order valence-corrected chi connectivity index (χ4v) is 0.374. The molecular formula is C5H8N2O. The van der Waals surface area contributed by atoms with E-state index in [0.717, 1.165) is 5.56 Å². The summed E-state index contributed by atoms with van der Waals surface area (Å²) in [6, 6.07) is 0. The van der Waals surface area contributed by atoms with Crippen LogP contribution in [0.15, 0.2) is 18.7 Å². The number of aromatic nitrogens is 2. The van der Waals surface area contributed by atoms with E-state index in [2.05, 4.69) is 9.97 Å². The minimum absolute atomic E-state index is 0. The molecular weight excluding hydrogens is 104 g/mol. The first kappa shape index (κ1) is 7.04. The number of rotatable bonds is 0. The average molecular weight is 112 g/mol. The average Bonchev–Trinajstić information content (AvgIpc) is 1.69. The lowest BCUT2D eigenvalue weighted by molar-refractivity contribution is 0.824. The Hall–Kier alpha value is -0.960. The highest BCUT2D eigenvalue weighted by molar-refractivity contribution is 4.96. The van der Waals surface area contributed by atoms with Crippen LogP contribution < -0.4 is 0 Å². The highest BCUT2D eigenvalue weighted by atomic mass is 16.0. The Kier molecular flexibility index (Phi) is 2.72. The lowest BCUT2D eigenvalue weighted by atomic mass is 10.4. The van der Waals surface area contributed by atoms with E-state index in [1.54, 1.807) is 12.4 Å². The minimum atomic E-state index is 0. The van der Waals surface area contributed by atoms with Gasteiger partial charge in [-0.2, -0.15) is 0 Å². The molecule has 44 valence electrons. The van der Waals surface area contributed by atoms with E-state index in [1.165, 1.54) is 6.33 Å². The second-order valence-electron chi connectivity index (χ2n) is 1.42. The molecule has 1 heterocycles. The molecule has 0 radical (unpaired) electrons. The van der Waals surface area contributed by atoms with E-state index >= 15 is 0 Å². The minimum Gasteiger partial charge on any atom is -0.412 e. The Morgan fingerprint density at radius 1 is 1.25 bits per heavy atom. The van der Waals surface area contributed by atoms with Gasteiger partial charge in [-0.05, 0) is 12.5 Å². The first-order chi connectivity index (χ1) is 3.39. The zero-order chi connectivity index (χ0) is 5.11. The fraction of sp³-hybridized carbons (Fsp3) is 0.200. The molecule has 0 aliphatic rings. The lowest BCUT2D eigenvalue weighted by Crippen LogP contribution is -1.75. The van der Waals surface area contributed by atoms with E-state index in [9.17, 15) is 0 Å². The molecule has 0 atom stereocenters. The monoisotopic (exact) mass is 112 g/mol. The summed E-state index contributed by atoms with van der Waals surface area (Å²) in [6.45, 7) is 1.96. The highest BCUT2D eigenvalue weighted by Crippen LogP contribution is 1.84. The van der Waals surface area contributed by atoms with Crippen LogP contribution in [-0.2, 0) is 0 Å². The molecule has 3 heteroatoms. The van der Waals surface area contributed by atoms with Gasteiger partial charge in [-0.1, -0.05) is 0 Å². The van der Waals surface area contributed by atoms with Crippen molar-refractivity contribution in [1.29, 1.82) is 0 Å². The van der Waals surface area contributed by atoms with Crippen molar-refractivity contribution >= 4 is 0 Å².